The molecule has 0 spiro atoms. The van der Waals surface area contributed by atoms with Crippen molar-refractivity contribution in [3.63, 3.8) is 0 Å². The second-order valence-electron chi connectivity index (χ2n) is 5.11. The van der Waals surface area contributed by atoms with Gasteiger partial charge in [0.05, 0.1) is 6.04 Å². The highest BCUT2D eigenvalue weighted by molar-refractivity contribution is 5.94. The van der Waals surface area contributed by atoms with Crippen LogP contribution in [0, 0.1) is 12.7 Å². The molecular formula is C17H19FN2O. The average Bonchev–Trinajstić information content (AvgIpc) is 2.49. The third-order valence-corrected chi connectivity index (χ3v) is 3.47. The Hall–Kier alpha value is -2.20. The predicted molar refractivity (Wildman–Crippen MR) is 81.4 cm³/mol. The Kier molecular flexibility index (Phi) is 4.70. The molecule has 2 aromatic carbocycles. The molecule has 21 heavy (non-hydrogen) atoms. The molecule has 1 unspecified atom stereocenters. The fourth-order valence-corrected chi connectivity index (χ4v) is 2.08. The van der Waals surface area contributed by atoms with Gasteiger partial charge < -0.3 is 11.1 Å². The Balaban J connectivity index is 2.12. The van der Waals surface area contributed by atoms with Gasteiger partial charge in [-0.15, -0.1) is 0 Å². The SMILES string of the molecule is Cc1ccc(C(C)NC(=O)c2cccc(CN)c2)cc1F. The number of nitrogens with one attached hydrogen (secondary N) is 1. The Bertz CT molecular complexity index is 655. The molecule has 0 radical (unpaired) electrons. The summed E-state index contributed by atoms with van der Waals surface area (Å²) in [6.07, 6.45) is 0. The summed E-state index contributed by atoms with van der Waals surface area (Å²) in [4.78, 5) is 12.2. The van der Waals surface area contributed by atoms with Crippen molar-refractivity contribution < 1.29 is 9.18 Å². The van der Waals surface area contributed by atoms with Crippen molar-refractivity contribution in [2.75, 3.05) is 0 Å². The van der Waals surface area contributed by atoms with Crippen molar-refractivity contribution in [2.24, 2.45) is 5.73 Å². The Morgan fingerprint density at radius 2 is 2.05 bits per heavy atom. The number of hydrogen-bond acceptors (Lipinski definition) is 2. The summed E-state index contributed by atoms with van der Waals surface area (Å²) in [5, 5.41) is 2.86. The van der Waals surface area contributed by atoms with Crippen LogP contribution in [0.15, 0.2) is 42.5 Å². The number of rotatable bonds is 4. The molecular weight excluding hydrogens is 267 g/mol. The van der Waals surface area contributed by atoms with Crippen molar-refractivity contribution in [3.05, 3.63) is 70.5 Å². The number of amides is 1. The first-order valence-electron chi connectivity index (χ1n) is 6.87. The van der Waals surface area contributed by atoms with Gasteiger partial charge in [-0.05, 0) is 48.7 Å². The van der Waals surface area contributed by atoms with Crippen LogP contribution in [0.1, 0.15) is 40.0 Å². The minimum atomic E-state index is -0.269. The Labute approximate surface area is 124 Å². The smallest absolute Gasteiger partial charge is 0.251 e. The normalized spacial score (nSPS) is 12.0. The first kappa shape index (κ1) is 15.2. The maximum atomic E-state index is 13.6. The number of halogens is 1. The highest BCUT2D eigenvalue weighted by Crippen LogP contribution is 2.17. The maximum absolute atomic E-state index is 13.6. The van der Waals surface area contributed by atoms with Crippen LogP contribution in [-0.4, -0.2) is 5.91 Å². The topological polar surface area (TPSA) is 55.1 Å². The summed E-state index contributed by atoms with van der Waals surface area (Å²) < 4.78 is 13.6. The molecule has 0 fully saturated rings. The molecule has 3 nitrogen and oxygen atoms in total. The molecule has 4 heteroatoms. The summed E-state index contributed by atoms with van der Waals surface area (Å²) in [5.41, 5.74) is 8.35. The molecule has 1 atom stereocenters. The molecule has 2 aromatic rings. The fourth-order valence-electron chi connectivity index (χ4n) is 2.08. The van der Waals surface area contributed by atoms with E-state index in [1.807, 2.05) is 19.1 Å². The van der Waals surface area contributed by atoms with Gasteiger partial charge in [0.15, 0.2) is 0 Å². The van der Waals surface area contributed by atoms with E-state index in [2.05, 4.69) is 5.32 Å². The second kappa shape index (κ2) is 6.50. The largest absolute Gasteiger partial charge is 0.346 e. The lowest BCUT2D eigenvalue weighted by atomic mass is 10.0. The molecule has 2 rings (SSSR count). The van der Waals surface area contributed by atoms with Crippen LogP contribution in [-0.2, 0) is 6.54 Å². The number of carbonyl (C=O) groups excluding carboxylic acids is 1. The molecule has 1 amide bonds. The molecule has 0 aliphatic heterocycles. The third-order valence-electron chi connectivity index (χ3n) is 3.47. The molecule has 0 aliphatic carbocycles. The van der Waals surface area contributed by atoms with E-state index in [1.54, 1.807) is 31.2 Å². The summed E-state index contributed by atoms with van der Waals surface area (Å²) in [6.45, 7) is 3.93. The zero-order valence-electron chi connectivity index (χ0n) is 12.2. The van der Waals surface area contributed by atoms with Crippen LogP contribution in [0.2, 0.25) is 0 Å². The van der Waals surface area contributed by atoms with E-state index in [4.69, 9.17) is 5.73 Å². The maximum Gasteiger partial charge on any atom is 0.251 e. The van der Waals surface area contributed by atoms with Gasteiger partial charge >= 0.3 is 0 Å². The van der Waals surface area contributed by atoms with Crippen molar-refractivity contribution in [3.8, 4) is 0 Å². The zero-order valence-corrected chi connectivity index (χ0v) is 12.2. The van der Waals surface area contributed by atoms with E-state index in [0.29, 0.717) is 17.7 Å². The van der Waals surface area contributed by atoms with E-state index in [0.717, 1.165) is 11.1 Å². The van der Waals surface area contributed by atoms with Gasteiger partial charge in [-0.1, -0.05) is 24.3 Å². The quantitative estimate of drug-likeness (QED) is 0.907. The molecule has 0 bridgehead atoms. The number of nitrogens with two attached hydrogens (primary N) is 1. The standard InChI is InChI=1S/C17H19FN2O/c1-11-6-7-14(9-16(11)18)12(2)20-17(21)15-5-3-4-13(8-15)10-19/h3-9,12H,10,19H2,1-2H3,(H,20,21). The first-order chi connectivity index (χ1) is 10.0. The molecule has 0 heterocycles. The zero-order chi connectivity index (χ0) is 15.4. The lowest BCUT2D eigenvalue weighted by molar-refractivity contribution is 0.0939. The van der Waals surface area contributed by atoms with Crippen molar-refractivity contribution >= 4 is 5.91 Å². The van der Waals surface area contributed by atoms with Gasteiger partial charge in [0, 0.05) is 12.1 Å². The predicted octanol–water partition coefficient (Wildman–Crippen LogP) is 3.08. The highest BCUT2D eigenvalue weighted by atomic mass is 19.1. The van der Waals surface area contributed by atoms with Crippen LogP contribution in [0.3, 0.4) is 0 Å². The van der Waals surface area contributed by atoms with Crippen LogP contribution in [0.25, 0.3) is 0 Å². The molecule has 0 aromatic heterocycles. The van der Waals surface area contributed by atoms with Crippen molar-refractivity contribution in [1.29, 1.82) is 0 Å². The summed E-state index contributed by atoms with van der Waals surface area (Å²) >= 11 is 0. The van der Waals surface area contributed by atoms with Crippen LogP contribution in [0.5, 0.6) is 0 Å². The number of aryl methyl sites for hydroxylation is 1. The van der Waals surface area contributed by atoms with Crippen molar-refractivity contribution in [1.82, 2.24) is 5.32 Å². The van der Waals surface area contributed by atoms with Gasteiger partial charge in [-0.25, -0.2) is 4.39 Å². The van der Waals surface area contributed by atoms with Gasteiger partial charge in [-0.3, -0.25) is 4.79 Å². The lowest BCUT2D eigenvalue weighted by Crippen LogP contribution is -2.26. The van der Waals surface area contributed by atoms with Gasteiger partial charge in [0.2, 0.25) is 0 Å². The van der Waals surface area contributed by atoms with E-state index in [-0.39, 0.29) is 17.8 Å². The average molecular weight is 286 g/mol. The number of benzene rings is 2. The Morgan fingerprint density at radius 3 is 2.71 bits per heavy atom. The van der Waals surface area contributed by atoms with Crippen molar-refractivity contribution in [2.45, 2.75) is 26.4 Å². The Morgan fingerprint density at radius 1 is 1.29 bits per heavy atom. The first-order valence-corrected chi connectivity index (χ1v) is 6.87. The monoisotopic (exact) mass is 286 g/mol. The molecule has 0 saturated carbocycles. The number of carbonyl (C=O) groups is 1. The van der Waals surface area contributed by atoms with Gasteiger partial charge in [0.25, 0.3) is 5.91 Å². The molecule has 0 saturated heterocycles. The molecule has 110 valence electrons. The molecule has 0 aliphatic rings. The van der Waals surface area contributed by atoms with Gasteiger partial charge in [-0.2, -0.15) is 0 Å². The summed E-state index contributed by atoms with van der Waals surface area (Å²) in [6, 6.07) is 11.9. The van der Waals surface area contributed by atoms with Gasteiger partial charge in [0.1, 0.15) is 5.82 Å². The number of hydrogen-bond donors (Lipinski definition) is 2. The van der Waals surface area contributed by atoms with Crippen LogP contribution in [0.4, 0.5) is 4.39 Å². The summed E-state index contributed by atoms with van der Waals surface area (Å²) in [5.74, 6) is -0.461. The lowest BCUT2D eigenvalue weighted by Gasteiger charge is -2.15. The van der Waals surface area contributed by atoms with Crippen LogP contribution < -0.4 is 11.1 Å². The van der Waals surface area contributed by atoms with E-state index >= 15 is 0 Å². The minimum absolute atomic E-state index is 0.196. The molecule has 3 N–H and O–H groups in total. The fraction of sp³-hybridized carbons (Fsp3) is 0.235. The summed E-state index contributed by atoms with van der Waals surface area (Å²) in [7, 11) is 0. The third kappa shape index (κ3) is 3.67. The van der Waals surface area contributed by atoms with E-state index in [1.165, 1.54) is 6.07 Å². The second-order valence-corrected chi connectivity index (χ2v) is 5.11. The van der Waals surface area contributed by atoms with E-state index in [9.17, 15) is 9.18 Å². The van der Waals surface area contributed by atoms with Crippen LogP contribution >= 0.6 is 0 Å². The highest BCUT2D eigenvalue weighted by Gasteiger charge is 2.12. The minimum Gasteiger partial charge on any atom is -0.346 e. The van der Waals surface area contributed by atoms with E-state index < -0.39 is 0 Å².